The van der Waals surface area contributed by atoms with Crippen LogP contribution in [0.25, 0.3) is 0 Å². The standard InChI is InChI=1S/C25H46N.NO3/c1-4-5-6-7-8-9-10-11-12-13-14-15-16-20-23-26(2,3)24-25-21-18-17-19-22-25;2-1(3)4/h17-19,21-22H,4-16,20,23-24H2,1-3H3;/q+1;-1. The highest BCUT2D eigenvalue weighted by Crippen LogP contribution is 2.14. The molecule has 30 heavy (non-hydrogen) atoms. The van der Waals surface area contributed by atoms with Gasteiger partial charge in [-0.2, -0.15) is 0 Å². The van der Waals surface area contributed by atoms with E-state index in [1.54, 1.807) is 0 Å². The topological polar surface area (TPSA) is 66.2 Å². The van der Waals surface area contributed by atoms with Crippen LogP contribution in [0, 0.1) is 15.3 Å². The zero-order chi connectivity index (χ0) is 22.5. The zero-order valence-electron chi connectivity index (χ0n) is 19.8. The molecule has 1 rings (SSSR count). The number of quaternary nitrogens is 1. The highest BCUT2D eigenvalue weighted by Gasteiger charge is 2.14. The lowest BCUT2D eigenvalue weighted by molar-refractivity contribution is -0.903. The second kappa shape index (κ2) is 19.3. The zero-order valence-corrected chi connectivity index (χ0v) is 19.8. The van der Waals surface area contributed by atoms with Crippen LogP contribution in [-0.4, -0.2) is 30.2 Å². The Balaban J connectivity index is 0.00000192. The van der Waals surface area contributed by atoms with Crippen LogP contribution < -0.4 is 0 Å². The Hall–Kier alpha value is -1.62. The fraction of sp³-hybridized carbons (Fsp3) is 0.760. The molecule has 1 aromatic carbocycles. The molecule has 0 aromatic heterocycles. The molecule has 5 nitrogen and oxygen atoms in total. The van der Waals surface area contributed by atoms with E-state index in [-0.39, 0.29) is 0 Å². The van der Waals surface area contributed by atoms with E-state index in [9.17, 15) is 0 Å². The van der Waals surface area contributed by atoms with Gasteiger partial charge in [-0.1, -0.05) is 114 Å². The maximum Gasteiger partial charge on any atom is 0.104 e. The van der Waals surface area contributed by atoms with Gasteiger partial charge in [-0.25, -0.2) is 0 Å². The van der Waals surface area contributed by atoms with Crippen molar-refractivity contribution < 1.29 is 9.57 Å². The van der Waals surface area contributed by atoms with Gasteiger partial charge in [-0.05, 0) is 12.8 Å². The van der Waals surface area contributed by atoms with Crippen molar-refractivity contribution in [2.75, 3.05) is 20.6 Å². The number of rotatable bonds is 17. The summed E-state index contributed by atoms with van der Waals surface area (Å²) in [5.41, 5.74) is 1.46. The Bertz CT molecular complexity index is 502. The molecule has 0 saturated carbocycles. The van der Waals surface area contributed by atoms with E-state index >= 15 is 0 Å². The first-order chi connectivity index (χ1) is 14.4. The first-order valence-electron chi connectivity index (χ1n) is 12.0. The monoisotopic (exact) mass is 422 g/mol. The van der Waals surface area contributed by atoms with Crippen molar-refractivity contribution in [2.24, 2.45) is 0 Å². The Kier molecular flexibility index (Phi) is 18.3. The number of unbranched alkanes of at least 4 members (excludes halogenated alkanes) is 13. The molecule has 0 aliphatic heterocycles. The molecular weight excluding hydrogens is 376 g/mol. The van der Waals surface area contributed by atoms with E-state index in [0.29, 0.717) is 0 Å². The molecule has 0 saturated heterocycles. The minimum absolute atomic E-state index is 1.11. The van der Waals surface area contributed by atoms with Gasteiger partial charge in [0, 0.05) is 5.56 Å². The summed E-state index contributed by atoms with van der Waals surface area (Å²) in [5.74, 6) is 0. The van der Waals surface area contributed by atoms with E-state index in [0.717, 1.165) is 11.0 Å². The largest absolute Gasteiger partial charge is 0.356 e. The van der Waals surface area contributed by atoms with Gasteiger partial charge < -0.3 is 19.8 Å². The molecule has 5 heteroatoms. The van der Waals surface area contributed by atoms with E-state index < -0.39 is 5.09 Å². The molecule has 0 radical (unpaired) electrons. The Morgan fingerprint density at radius 3 is 1.47 bits per heavy atom. The predicted molar refractivity (Wildman–Crippen MR) is 128 cm³/mol. The van der Waals surface area contributed by atoms with E-state index in [4.69, 9.17) is 15.3 Å². The molecule has 0 unspecified atom stereocenters. The van der Waals surface area contributed by atoms with Crippen molar-refractivity contribution in [3.63, 3.8) is 0 Å². The SMILES string of the molecule is CCCCCCCCCCCCCCCC[N+](C)(C)Cc1ccccc1.O=[N+]([O-])[O-]. The predicted octanol–water partition coefficient (Wildman–Crippen LogP) is 7.51. The van der Waals surface area contributed by atoms with Crippen molar-refractivity contribution in [3.8, 4) is 0 Å². The van der Waals surface area contributed by atoms with Gasteiger partial charge in [-0.15, -0.1) is 0 Å². The summed E-state index contributed by atoms with van der Waals surface area (Å²) in [6.45, 7) is 4.75. The maximum atomic E-state index is 8.25. The summed E-state index contributed by atoms with van der Waals surface area (Å²) < 4.78 is 1.11. The van der Waals surface area contributed by atoms with Crippen LogP contribution in [0.5, 0.6) is 0 Å². The molecule has 0 atom stereocenters. The Morgan fingerprint density at radius 2 is 1.07 bits per heavy atom. The summed E-state index contributed by atoms with van der Waals surface area (Å²) in [7, 11) is 4.74. The van der Waals surface area contributed by atoms with Crippen molar-refractivity contribution in [1.29, 1.82) is 0 Å². The molecule has 0 N–H and O–H groups in total. The lowest BCUT2D eigenvalue weighted by atomic mass is 10.0. The second-order valence-corrected chi connectivity index (χ2v) is 9.12. The van der Waals surface area contributed by atoms with Gasteiger partial charge in [0.2, 0.25) is 0 Å². The minimum Gasteiger partial charge on any atom is -0.356 e. The van der Waals surface area contributed by atoms with Crippen LogP contribution in [0.15, 0.2) is 30.3 Å². The highest BCUT2D eigenvalue weighted by molar-refractivity contribution is 5.13. The average Bonchev–Trinajstić information content (AvgIpc) is 2.68. The second-order valence-electron chi connectivity index (χ2n) is 9.12. The molecule has 0 fully saturated rings. The fourth-order valence-corrected chi connectivity index (χ4v) is 3.89. The van der Waals surface area contributed by atoms with Crippen LogP contribution in [-0.2, 0) is 6.54 Å². The normalized spacial score (nSPS) is 11.0. The summed E-state index contributed by atoms with van der Waals surface area (Å²) >= 11 is 0. The van der Waals surface area contributed by atoms with E-state index in [1.165, 1.54) is 102 Å². The van der Waals surface area contributed by atoms with Gasteiger partial charge in [0.15, 0.2) is 0 Å². The van der Waals surface area contributed by atoms with Crippen LogP contribution in [0.4, 0.5) is 0 Å². The Morgan fingerprint density at radius 1 is 0.700 bits per heavy atom. The molecular formula is C25H46N2O3. The number of hydrogen-bond donors (Lipinski definition) is 0. The fourth-order valence-electron chi connectivity index (χ4n) is 3.89. The van der Waals surface area contributed by atoms with E-state index in [2.05, 4.69) is 51.4 Å². The molecule has 174 valence electrons. The molecule has 1 aromatic rings. The van der Waals surface area contributed by atoms with Crippen molar-refractivity contribution in [1.82, 2.24) is 0 Å². The first-order valence-corrected chi connectivity index (χ1v) is 12.0. The molecule has 0 heterocycles. The van der Waals surface area contributed by atoms with Crippen molar-refractivity contribution in [3.05, 3.63) is 51.2 Å². The molecule has 0 aliphatic carbocycles. The lowest BCUT2D eigenvalue weighted by Crippen LogP contribution is -2.39. The third kappa shape index (κ3) is 21.1. The third-order valence-electron chi connectivity index (χ3n) is 5.57. The highest BCUT2D eigenvalue weighted by atomic mass is 16.9. The smallest absolute Gasteiger partial charge is 0.104 e. The van der Waals surface area contributed by atoms with Crippen LogP contribution in [0.3, 0.4) is 0 Å². The van der Waals surface area contributed by atoms with Crippen LogP contribution in [0.2, 0.25) is 0 Å². The molecule has 0 amide bonds. The molecule has 0 bridgehead atoms. The van der Waals surface area contributed by atoms with Gasteiger partial charge >= 0.3 is 0 Å². The van der Waals surface area contributed by atoms with Gasteiger partial charge in [0.1, 0.15) is 6.54 Å². The third-order valence-corrected chi connectivity index (χ3v) is 5.57. The lowest BCUT2D eigenvalue weighted by Gasteiger charge is -2.30. The molecule has 0 spiro atoms. The molecule has 0 aliphatic rings. The van der Waals surface area contributed by atoms with Crippen molar-refractivity contribution in [2.45, 2.75) is 103 Å². The van der Waals surface area contributed by atoms with Crippen molar-refractivity contribution >= 4 is 0 Å². The van der Waals surface area contributed by atoms with Gasteiger partial charge in [-0.3, -0.25) is 0 Å². The summed E-state index contributed by atoms with van der Waals surface area (Å²) in [5, 5.41) is 14.8. The van der Waals surface area contributed by atoms with Gasteiger partial charge in [0.05, 0.1) is 25.7 Å². The van der Waals surface area contributed by atoms with E-state index in [1.807, 2.05) is 0 Å². The quantitative estimate of drug-likeness (QED) is 0.113. The van der Waals surface area contributed by atoms with Crippen LogP contribution >= 0.6 is 0 Å². The Labute approximate surface area is 185 Å². The summed E-state index contributed by atoms with van der Waals surface area (Å²) in [6, 6.07) is 10.9. The van der Waals surface area contributed by atoms with Crippen LogP contribution in [0.1, 0.15) is 102 Å². The average molecular weight is 423 g/mol. The number of benzene rings is 1. The summed E-state index contributed by atoms with van der Waals surface area (Å²) in [6.07, 6.45) is 20.2. The van der Waals surface area contributed by atoms with Gasteiger partial charge in [0.25, 0.3) is 0 Å². The minimum atomic E-state index is -1.75. The number of hydrogen-bond acceptors (Lipinski definition) is 3. The number of nitrogens with zero attached hydrogens (tertiary/aromatic N) is 2. The maximum absolute atomic E-state index is 8.25. The summed E-state index contributed by atoms with van der Waals surface area (Å²) in [4.78, 5) is 8.25. The first kappa shape index (κ1) is 28.4.